The van der Waals surface area contributed by atoms with Crippen LogP contribution in [-0.4, -0.2) is 47.2 Å². The van der Waals surface area contributed by atoms with Gasteiger partial charge >= 0.3 is 11.9 Å². The van der Waals surface area contributed by atoms with E-state index in [1.165, 1.54) is 24.4 Å². The zero-order chi connectivity index (χ0) is 12.0. The van der Waals surface area contributed by atoms with Crippen molar-refractivity contribution in [2.24, 2.45) is 0 Å². The van der Waals surface area contributed by atoms with Gasteiger partial charge in [0.25, 0.3) is 0 Å². The van der Waals surface area contributed by atoms with Crippen molar-refractivity contribution in [1.82, 2.24) is 9.97 Å². The van der Waals surface area contributed by atoms with E-state index in [4.69, 9.17) is 5.11 Å². The minimum atomic E-state index is -1.07. The van der Waals surface area contributed by atoms with Crippen LogP contribution in [0.2, 0.25) is 0 Å². The number of carboxylic acid groups (broad SMARTS) is 1. The van der Waals surface area contributed by atoms with Gasteiger partial charge in [0.1, 0.15) is 13.1 Å². The Hall–Kier alpha value is -2.18. The third-order valence-corrected chi connectivity index (χ3v) is 1.71. The van der Waals surface area contributed by atoms with Gasteiger partial charge in [0, 0.05) is 12.4 Å². The summed E-state index contributed by atoms with van der Waals surface area (Å²) in [6.45, 7) is -0.564. The van der Waals surface area contributed by atoms with Crippen molar-refractivity contribution < 1.29 is 19.4 Å². The Labute approximate surface area is 91.7 Å². The van der Waals surface area contributed by atoms with Crippen LogP contribution in [0.15, 0.2) is 18.5 Å². The fourth-order valence-corrected chi connectivity index (χ4v) is 1.04. The molecule has 7 heteroatoms. The summed E-state index contributed by atoms with van der Waals surface area (Å²) in [7, 11) is 1.23. The van der Waals surface area contributed by atoms with Crippen LogP contribution in [-0.2, 0) is 14.3 Å². The van der Waals surface area contributed by atoms with Crippen LogP contribution in [0.1, 0.15) is 0 Å². The smallest absolute Gasteiger partial charge is 0.325 e. The molecule has 0 aliphatic rings. The van der Waals surface area contributed by atoms with E-state index >= 15 is 0 Å². The number of aromatic nitrogens is 2. The summed E-state index contributed by atoms with van der Waals surface area (Å²) in [6, 6.07) is 1.60. The van der Waals surface area contributed by atoms with Gasteiger partial charge in [-0.15, -0.1) is 0 Å². The van der Waals surface area contributed by atoms with E-state index in [0.29, 0.717) is 0 Å². The highest BCUT2D eigenvalue weighted by molar-refractivity contribution is 5.79. The Morgan fingerprint density at radius 3 is 2.50 bits per heavy atom. The van der Waals surface area contributed by atoms with Gasteiger partial charge < -0.3 is 14.7 Å². The molecular weight excluding hydrogens is 214 g/mol. The third kappa shape index (κ3) is 3.52. The molecule has 0 aliphatic heterocycles. The Morgan fingerprint density at radius 2 is 2.00 bits per heavy atom. The minimum Gasteiger partial charge on any atom is -0.480 e. The van der Waals surface area contributed by atoms with Crippen molar-refractivity contribution >= 4 is 17.9 Å². The maximum absolute atomic E-state index is 11.1. The second-order valence-electron chi connectivity index (χ2n) is 2.87. The zero-order valence-corrected chi connectivity index (χ0v) is 8.66. The van der Waals surface area contributed by atoms with Crippen LogP contribution >= 0.6 is 0 Å². The first-order chi connectivity index (χ1) is 7.63. The normalized spacial score (nSPS) is 9.56. The first kappa shape index (κ1) is 11.9. The topological polar surface area (TPSA) is 92.6 Å². The summed E-state index contributed by atoms with van der Waals surface area (Å²) < 4.78 is 4.45. The quantitative estimate of drug-likeness (QED) is 0.678. The number of carbonyl (C=O) groups excluding carboxylic acids is 1. The average Bonchev–Trinajstić information content (AvgIpc) is 2.28. The SMILES string of the molecule is COC(=O)CN(CC(=O)O)c1ncccn1. The highest BCUT2D eigenvalue weighted by Crippen LogP contribution is 2.04. The van der Waals surface area contributed by atoms with E-state index in [1.807, 2.05) is 0 Å². The molecule has 0 saturated heterocycles. The Kier molecular flexibility index (Phi) is 4.19. The molecule has 0 saturated carbocycles. The van der Waals surface area contributed by atoms with E-state index < -0.39 is 11.9 Å². The standard InChI is InChI=1S/C9H11N3O4/c1-16-8(15)6-12(5-7(13)14)9-10-3-2-4-11-9/h2-4H,5-6H2,1H3,(H,13,14). The van der Waals surface area contributed by atoms with Gasteiger partial charge in [-0.05, 0) is 6.07 Å². The summed E-state index contributed by atoms with van der Waals surface area (Å²) in [4.78, 5) is 30.6. The van der Waals surface area contributed by atoms with Crippen LogP contribution < -0.4 is 4.90 Å². The monoisotopic (exact) mass is 225 g/mol. The second-order valence-corrected chi connectivity index (χ2v) is 2.87. The van der Waals surface area contributed by atoms with E-state index in [-0.39, 0.29) is 19.0 Å². The van der Waals surface area contributed by atoms with Crippen molar-refractivity contribution in [1.29, 1.82) is 0 Å². The maximum atomic E-state index is 11.1. The molecule has 1 heterocycles. The number of carbonyl (C=O) groups is 2. The van der Waals surface area contributed by atoms with Crippen molar-refractivity contribution in [3.05, 3.63) is 18.5 Å². The van der Waals surface area contributed by atoms with Crippen LogP contribution in [0.5, 0.6) is 0 Å². The Morgan fingerprint density at radius 1 is 1.38 bits per heavy atom. The average molecular weight is 225 g/mol. The van der Waals surface area contributed by atoms with Gasteiger partial charge in [-0.3, -0.25) is 9.59 Å². The number of ether oxygens (including phenoxy) is 1. The molecule has 1 N–H and O–H groups in total. The number of esters is 1. The molecule has 0 aromatic carbocycles. The van der Waals surface area contributed by atoms with Crippen LogP contribution in [0.4, 0.5) is 5.95 Å². The van der Waals surface area contributed by atoms with E-state index in [9.17, 15) is 9.59 Å². The Bertz CT molecular complexity index is 368. The van der Waals surface area contributed by atoms with Gasteiger partial charge in [0.05, 0.1) is 7.11 Å². The van der Waals surface area contributed by atoms with Gasteiger partial charge in [0.2, 0.25) is 5.95 Å². The van der Waals surface area contributed by atoms with E-state index in [2.05, 4.69) is 14.7 Å². The predicted molar refractivity (Wildman–Crippen MR) is 53.9 cm³/mol. The molecule has 0 unspecified atom stereocenters. The van der Waals surface area contributed by atoms with E-state index in [1.54, 1.807) is 6.07 Å². The number of carboxylic acids is 1. The first-order valence-corrected chi connectivity index (χ1v) is 4.44. The number of aliphatic carboxylic acids is 1. The van der Waals surface area contributed by atoms with Crippen LogP contribution in [0, 0.1) is 0 Å². The largest absolute Gasteiger partial charge is 0.480 e. The number of hydrogen-bond acceptors (Lipinski definition) is 6. The first-order valence-electron chi connectivity index (χ1n) is 4.44. The molecule has 0 aliphatic carbocycles. The van der Waals surface area contributed by atoms with Crippen molar-refractivity contribution in [3.8, 4) is 0 Å². The molecule has 0 atom stereocenters. The highest BCUT2D eigenvalue weighted by atomic mass is 16.5. The lowest BCUT2D eigenvalue weighted by Gasteiger charge is -2.18. The number of nitrogens with zero attached hydrogens (tertiary/aromatic N) is 3. The maximum Gasteiger partial charge on any atom is 0.325 e. The van der Waals surface area contributed by atoms with Crippen molar-refractivity contribution in [3.63, 3.8) is 0 Å². The molecular formula is C9H11N3O4. The zero-order valence-electron chi connectivity index (χ0n) is 8.66. The molecule has 1 aromatic rings. The predicted octanol–water partition coefficient (Wildman–Crippen LogP) is -0.459. The lowest BCUT2D eigenvalue weighted by Crippen LogP contribution is -2.36. The summed E-state index contributed by atoms with van der Waals surface area (Å²) in [5.74, 6) is -1.44. The molecule has 0 radical (unpaired) electrons. The molecule has 86 valence electrons. The number of methoxy groups -OCH3 is 1. The van der Waals surface area contributed by atoms with Crippen molar-refractivity contribution in [2.45, 2.75) is 0 Å². The lowest BCUT2D eigenvalue weighted by atomic mass is 10.5. The number of anilines is 1. The van der Waals surface area contributed by atoms with Crippen LogP contribution in [0.3, 0.4) is 0 Å². The fraction of sp³-hybridized carbons (Fsp3) is 0.333. The summed E-state index contributed by atoms with van der Waals surface area (Å²) >= 11 is 0. The van der Waals surface area contributed by atoms with Gasteiger partial charge in [-0.2, -0.15) is 0 Å². The second kappa shape index (κ2) is 5.64. The molecule has 0 fully saturated rings. The summed E-state index contributed by atoms with van der Waals surface area (Å²) in [5, 5.41) is 8.68. The molecule has 1 aromatic heterocycles. The molecule has 1 rings (SSSR count). The lowest BCUT2D eigenvalue weighted by molar-refractivity contribution is -0.139. The van der Waals surface area contributed by atoms with Gasteiger partial charge in [-0.25, -0.2) is 9.97 Å². The molecule has 16 heavy (non-hydrogen) atoms. The third-order valence-electron chi connectivity index (χ3n) is 1.71. The minimum absolute atomic E-state index is 0.176. The van der Waals surface area contributed by atoms with E-state index in [0.717, 1.165) is 0 Å². The Balaban J connectivity index is 2.79. The fourth-order valence-electron chi connectivity index (χ4n) is 1.04. The van der Waals surface area contributed by atoms with Gasteiger partial charge in [0.15, 0.2) is 0 Å². The summed E-state index contributed by atoms with van der Waals surface area (Å²) in [5.41, 5.74) is 0. The van der Waals surface area contributed by atoms with Gasteiger partial charge in [-0.1, -0.05) is 0 Å². The number of rotatable bonds is 5. The molecule has 0 bridgehead atoms. The molecule has 0 amide bonds. The van der Waals surface area contributed by atoms with Crippen LogP contribution in [0.25, 0.3) is 0 Å². The molecule has 0 spiro atoms. The number of hydrogen-bond donors (Lipinski definition) is 1. The molecule has 7 nitrogen and oxygen atoms in total. The summed E-state index contributed by atoms with van der Waals surface area (Å²) in [6.07, 6.45) is 2.93. The highest BCUT2D eigenvalue weighted by Gasteiger charge is 2.16. The van der Waals surface area contributed by atoms with Crippen molar-refractivity contribution in [2.75, 3.05) is 25.1 Å².